The summed E-state index contributed by atoms with van der Waals surface area (Å²) in [6, 6.07) is 6.77. The predicted molar refractivity (Wildman–Crippen MR) is 59.8 cm³/mol. The normalized spacial score (nSPS) is 10.1. The number of rotatable bonds is 5. The van der Waals surface area contributed by atoms with E-state index < -0.39 is 0 Å². The zero-order valence-electron chi connectivity index (χ0n) is 7.78. The second-order valence-electron chi connectivity index (χ2n) is 3.07. The number of hydrogen-bond donors (Lipinski definition) is 0. The van der Waals surface area contributed by atoms with Crippen molar-refractivity contribution in [2.75, 3.05) is 5.33 Å². The molecule has 1 aromatic rings. The largest absolute Gasteiger partial charge is 0.269 e. The van der Waals surface area contributed by atoms with Crippen molar-refractivity contribution >= 4 is 21.6 Å². The van der Waals surface area contributed by atoms with E-state index in [1.165, 1.54) is 0 Å². The fourth-order valence-electron chi connectivity index (χ4n) is 1.21. The summed E-state index contributed by atoms with van der Waals surface area (Å²) in [5, 5.41) is 11.4. The lowest BCUT2D eigenvalue weighted by Crippen LogP contribution is -1.89. The Balaban J connectivity index is 2.51. The number of nitro groups is 1. The third kappa shape index (κ3) is 3.46. The molecule has 14 heavy (non-hydrogen) atoms. The molecule has 0 unspecified atom stereocenters. The molecule has 4 heteroatoms. The van der Waals surface area contributed by atoms with Crippen LogP contribution in [0.15, 0.2) is 24.3 Å². The van der Waals surface area contributed by atoms with Gasteiger partial charge in [0.2, 0.25) is 0 Å². The maximum absolute atomic E-state index is 10.4. The van der Waals surface area contributed by atoms with Gasteiger partial charge in [-0.3, -0.25) is 10.1 Å². The van der Waals surface area contributed by atoms with Crippen molar-refractivity contribution in [1.29, 1.82) is 0 Å². The standard InChI is InChI=1S/C10H12BrNO2/c11-8-2-1-3-9-4-6-10(7-5-9)12(13)14/h4-7H,1-3,8H2. The van der Waals surface area contributed by atoms with Crippen LogP contribution in [0.1, 0.15) is 18.4 Å². The molecule has 0 fully saturated rings. The lowest BCUT2D eigenvalue weighted by atomic mass is 10.1. The zero-order chi connectivity index (χ0) is 10.4. The van der Waals surface area contributed by atoms with Crippen molar-refractivity contribution in [1.82, 2.24) is 0 Å². The molecule has 3 nitrogen and oxygen atoms in total. The second-order valence-corrected chi connectivity index (χ2v) is 3.86. The molecule has 0 aliphatic rings. The average molecular weight is 258 g/mol. The van der Waals surface area contributed by atoms with E-state index in [2.05, 4.69) is 15.9 Å². The molecule has 0 atom stereocenters. The highest BCUT2D eigenvalue weighted by atomic mass is 79.9. The van der Waals surface area contributed by atoms with Gasteiger partial charge in [-0.05, 0) is 24.8 Å². The predicted octanol–water partition coefficient (Wildman–Crippen LogP) is 3.31. The van der Waals surface area contributed by atoms with E-state index in [0.29, 0.717) is 0 Å². The Bertz CT molecular complexity index is 297. The first-order valence-corrected chi connectivity index (χ1v) is 5.65. The smallest absolute Gasteiger partial charge is 0.258 e. The number of aryl methyl sites for hydroxylation is 1. The Morgan fingerprint density at radius 2 is 1.86 bits per heavy atom. The number of benzene rings is 1. The molecule has 0 spiro atoms. The maximum atomic E-state index is 10.4. The molecule has 0 bridgehead atoms. The summed E-state index contributed by atoms with van der Waals surface area (Å²) in [5.74, 6) is 0. The first-order valence-electron chi connectivity index (χ1n) is 4.53. The van der Waals surface area contributed by atoms with Crippen LogP contribution in [0.3, 0.4) is 0 Å². The van der Waals surface area contributed by atoms with Gasteiger partial charge in [-0.2, -0.15) is 0 Å². The van der Waals surface area contributed by atoms with E-state index in [-0.39, 0.29) is 10.6 Å². The summed E-state index contributed by atoms with van der Waals surface area (Å²) in [5.41, 5.74) is 1.32. The molecule has 1 rings (SSSR count). The van der Waals surface area contributed by atoms with Crippen molar-refractivity contribution in [3.63, 3.8) is 0 Å². The number of unbranched alkanes of at least 4 members (excludes halogenated alkanes) is 1. The van der Waals surface area contributed by atoms with Gasteiger partial charge in [0.05, 0.1) is 4.92 Å². The molecule has 0 N–H and O–H groups in total. The van der Waals surface area contributed by atoms with Crippen molar-refractivity contribution in [2.24, 2.45) is 0 Å². The van der Waals surface area contributed by atoms with Crippen molar-refractivity contribution in [2.45, 2.75) is 19.3 Å². The summed E-state index contributed by atoms with van der Waals surface area (Å²) >= 11 is 3.36. The number of non-ortho nitro benzene ring substituents is 1. The van der Waals surface area contributed by atoms with Crippen LogP contribution in [0.5, 0.6) is 0 Å². The van der Waals surface area contributed by atoms with Crippen LogP contribution in [0.2, 0.25) is 0 Å². The lowest BCUT2D eigenvalue weighted by Gasteiger charge is -1.99. The fraction of sp³-hybridized carbons (Fsp3) is 0.400. The molecule has 0 aliphatic carbocycles. The number of halogens is 1. The quantitative estimate of drug-likeness (QED) is 0.352. The molecule has 0 aromatic heterocycles. The highest BCUT2D eigenvalue weighted by molar-refractivity contribution is 9.09. The number of alkyl halides is 1. The molecule has 0 saturated heterocycles. The van der Waals surface area contributed by atoms with Crippen molar-refractivity contribution in [3.8, 4) is 0 Å². The van der Waals surface area contributed by atoms with E-state index in [9.17, 15) is 10.1 Å². The van der Waals surface area contributed by atoms with Gasteiger partial charge in [0.1, 0.15) is 0 Å². The molecule has 0 saturated carbocycles. The third-order valence-corrected chi connectivity index (χ3v) is 2.56. The first kappa shape index (κ1) is 11.2. The van der Waals surface area contributed by atoms with E-state index in [4.69, 9.17) is 0 Å². The molecular formula is C10H12BrNO2. The molecule has 1 aromatic carbocycles. The third-order valence-electron chi connectivity index (χ3n) is 2.00. The van der Waals surface area contributed by atoms with Crippen LogP contribution in [-0.4, -0.2) is 10.3 Å². The highest BCUT2D eigenvalue weighted by Gasteiger charge is 2.03. The van der Waals surface area contributed by atoms with Crippen LogP contribution in [0.25, 0.3) is 0 Å². The molecule has 0 radical (unpaired) electrons. The Hall–Kier alpha value is -0.900. The fourth-order valence-corrected chi connectivity index (χ4v) is 1.60. The number of nitro benzene ring substituents is 1. The topological polar surface area (TPSA) is 43.1 Å². The Labute approximate surface area is 91.4 Å². The van der Waals surface area contributed by atoms with Crippen LogP contribution in [0.4, 0.5) is 5.69 Å². The highest BCUT2D eigenvalue weighted by Crippen LogP contribution is 2.13. The zero-order valence-corrected chi connectivity index (χ0v) is 9.37. The van der Waals surface area contributed by atoms with Crippen molar-refractivity contribution < 1.29 is 4.92 Å². The van der Waals surface area contributed by atoms with Crippen LogP contribution in [0, 0.1) is 10.1 Å². The van der Waals surface area contributed by atoms with E-state index in [0.717, 1.165) is 30.2 Å². The Morgan fingerprint density at radius 3 is 2.36 bits per heavy atom. The molecule has 76 valence electrons. The minimum Gasteiger partial charge on any atom is -0.258 e. The Morgan fingerprint density at radius 1 is 1.21 bits per heavy atom. The van der Waals surface area contributed by atoms with E-state index in [1.807, 2.05) is 12.1 Å². The van der Waals surface area contributed by atoms with Gasteiger partial charge in [-0.25, -0.2) is 0 Å². The average Bonchev–Trinajstić information content (AvgIpc) is 2.19. The summed E-state index contributed by atoms with van der Waals surface area (Å²) in [6.45, 7) is 0. The van der Waals surface area contributed by atoms with E-state index in [1.54, 1.807) is 12.1 Å². The summed E-state index contributed by atoms with van der Waals surface area (Å²) in [6.07, 6.45) is 3.24. The van der Waals surface area contributed by atoms with Crippen LogP contribution >= 0.6 is 15.9 Å². The summed E-state index contributed by atoms with van der Waals surface area (Å²) in [7, 11) is 0. The minimum absolute atomic E-state index is 0.161. The first-order chi connectivity index (χ1) is 6.74. The van der Waals surface area contributed by atoms with Gasteiger partial charge < -0.3 is 0 Å². The second kappa shape index (κ2) is 5.75. The van der Waals surface area contributed by atoms with Gasteiger partial charge in [0.15, 0.2) is 0 Å². The maximum Gasteiger partial charge on any atom is 0.269 e. The van der Waals surface area contributed by atoms with Crippen LogP contribution < -0.4 is 0 Å². The van der Waals surface area contributed by atoms with Gasteiger partial charge >= 0.3 is 0 Å². The SMILES string of the molecule is O=[N+]([O-])c1ccc(CCCCBr)cc1. The minimum atomic E-state index is -0.373. The molecular weight excluding hydrogens is 246 g/mol. The molecule has 0 heterocycles. The van der Waals surface area contributed by atoms with Gasteiger partial charge in [-0.15, -0.1) is 0 Å². The Kier molecular flexibility index (Phi) is 4.59. The van der Waals surface area contributed by atoms with E-state index >= 15 is 0 Å². The number of nitrogens with zero attached hydrogens (tertiary/aromatic N) is 1. The van der Waals surface area contributed by atoms with Gasteiger partial charge in [0, 0.05) is 17.5 Å². The van der Waals surface area contributed by atoms with Crippen molar-refractivity contribution in [3.05, 3.63) is 39.9 Å². The lowest BCUT2D eigenvalue weighted by molar-refractivity contribution is -0.384. The van der Waals surface area contributed by atoms with Gasteiger partial charge in [0.25, 0.3) is 5.69 Å². The monoisotopic (exact) mass is 257 g/mol. The van der Waals surface area contributed by atoms with Crippen LogP contribution in [-0.2, 0) is 6.42 Å². The summed E-state index contributed by atoms with van der Waals surface area (Å²) in [4.78, 5) is 10.00. The molecule has 0 aliphatic heterocycles. The van der Waals surface area contributed by atoms with Gasteiger partial charge in [-0.1, -0.05) is 28.1 Å². The molecule has 0 amide bonds. The number of hydrogen-bond acceptors (Lipinski definition) is 2. The summed E-state index contributed by atoms with van der Waals surface area (Å²) < 4.78 is 0.